The first-order chi connectivity index (χ1) is 10.3. The van der Waals surface area contributed by atoms with Crippen molar-refractivity contribution in [1.29, 1.82) is 0 Å². The van der Waals surface area contributed by atoms with Crippen molar-refractivity contribution in [2.75, 3.05) is 0 Å². The summed E-state index contributed by atoms with van der Waals surface area (Å²) in [5, 5.41) is 4.12. The second kappa shape index (κ2) is 4.86. The minimum absolute atomic E-state index is 0.281. The van der Waals surface area contributed by atoms with Gasteiger partial charge in [0.2, 0.25) is 0 Å². The molecular weight excluding hydrogens is 266 g/mol. The van der Waals surface area contributed by atoms with E-state index in [1.807, 2.05) is 12.1 Å². The summed E-state index contributed by atoms with van der Waals surface area (Å²) in [6.45, 7) is 0.360. The molecule has 3 aromatic rings. The molecule has 0 radical (unpaired) electrons. The Kier molecular flexibility index (Phi) is 2.86. The normalized spacial score (nSPS) is 14.5. The Labute approximate surface area is 121 Å². The Morgan fingerprint density at radius 3 is 2.52 bits per heavy atom. The van der Waals surface area contributed by atoms with Crippen molar-refractivity contribution < 1.29 is 8.94 Å². The summed E-state index contributed by atoms with van der Waals surface area (Å²) in [6.07, 6.45) is 1.92. The Hall–Kier alpha value is -2.40. The van der Waals surface area contributed by atoms with E-state index in [0.29, 0.717) is 24.0 Å². The van der Waals surface area contributed by atoms with Gasteiger partial charge in [0.05, 0.1) is 6.54 Å². The molecule has 0 saturated heterocycles. The Morgan fingerprint density at radius 1 is 1.10 bits per heavy atom. The molecule has 0 fully saturated rings. The SMILES string of the molecule is NCc1ccc(-c2nc(C3Cc4ccccc4C3)no2)o1. The van der Waals surface area contributed by atoms with Crippen LogP contribution in [0.5, 0.6) is 0 Å². The minimum Gasteiger partial charge on any atom is -0.455 e. The number of fused-ring (bicyclic) bond motifs is 1. The molecule has 2 aromatic heterocycles. The van der Waals surface area contributed by atoms with Gasteiger partial charge >= 0.3 is 0 Å². The fourth-order valence-electron chi connectivity index (χ4n) is 2.84. The molecule has 4 rings (SSSR count). The van der Waals surface area contributed by atoms with Gasteiger partial charge < -0.3 is 14.7 Å². The van der Waals surface area contributed by atoms with Crippen LogP contribution < -0.4 is 5.73 Å². The third-order valence-electron chi connectivity index (χ3n) is 3.93. The summed E-state index contributed by atoms with van der Waals surface area (Å²) in [6, 6.07) is 12.1. The molecule has 0 atom stereocenters. The van der Waals surface area contributed by atoms with Crippen LogP contribution in [-0.2, 0) is 19.4 Å². The molecule has 1 aliphatic rings. The second-order valence-corrected chi connectivity index (χ2v) is 5.30. The number of benzene rings is 1. The van der Waals surface area contributed by atoms with Crippen molar-refractivity contribution in [3.63, 3.8) is 0 Å². The fourth-order valence-corrected chi connectivity index (χ4v) is 2.84. The second-order valence-electron chi connectivity index (χ2n) is 5.30. The van der Waals surface area contributed by atoms with Gasteiger partial charge in [-0.3, -0.25) is 0 Å². The van der Waals surface area contributed by atoms with E-state index in [2.05, 4.69) is 34.4 Å². The number of hydrogen-bond donors (Lipinski definition) is 1. The number of furan rings is 1. The smallest absolute Gasteiger partial charge is 0.293 e. The first-order valence-corrected chi connectivity index (χ1v) is 7.03. The van der Waals surface area contributed by atoms with Gasteiger partial charge in [-0.2, -0.15) is 4.98 Å². The van der Waals surface area contributed by atoms with E-state index >= 15 is 0 Å². The zero-order valence-electron chi connectivity index (χ0n) is 11.5. The van der Waals surface area contributed by atoms with E-state index in [4.69, 9.17) is 14.7 Å². The van der Waals surface area contributed by atoms with E-state index in [1.165, 1.54) is 11.1 Å². The monoisotopic (exact) mass is 281 g/mol. The maximum absolute atomic E-state index is 5.54. The number of rotatable bonds is 3. The highest BCUT2D eigenvalue weighted by Gasteiger charge is 2.27. The van der Waals surface area contributed by atoms with Crippen molar-refractivity contribution in [2.45, 2.75) is 25.3 Å². The number of hydrogen-bond acceptors (Lipinski definition) is 5. The van der Waals surface area contributed by atoms with Crippen LogP contribution in [0.3, 0.4) is 0 Å². The largest absolute Gasteiger partial charge is 0.455 e. The van der Waals surface area contributed by atoms with E-state index in [1.54, 1.807) is 0 Å². The molecule has 0 spiro atoms. The van der Waals surface area contributed by atoms with Gasteiger partial charge in [-0.15, -0.1) is 0 Å². The molecule has 0 bridgehead atoms. The molecule has 5 heteroatoms. The van der Waals surface area contributed by atoms with Gasteiger partial charge in [-0.05, 0) is 36.1 Å². The highest BCUT2D eigenvalue weighted by molar-refractivity contribution is 5.44. The van der Waals surface area contributed by atoms with E-state index in [-0.39, 0.29) is 5.92 Å². The third-order valence-corrected chi connectivity index (χ3v) is 3.93. The lowest BCUT2D eigenvalue weighted by Gasteiger charge is -2.00. The molecule has 21 heavy (non-hydrogen) atoms. The molecule has 0 aliphatic heterocycles. The Bertz CT molecular complexity index is 750. The van der Waals surface area contributed by atoms with Crippen LogP contribution in [0.2, 0.25) is 0 Å². The molecule has 5 nitrogen and oxygen atoms in total. The molecular formula is C16H15N3O2. The van der Waals surface area contributed by atoms with E-state index < -0.39 is 0 Å². The standard InChI is InChI=1S/C16H15N3O2/c17-9-13-5-6-14(20-13)16-18-15(19-21-16)12-7-10-3-1-2-4-11(10)8-12/h1-6,12H,7-9,17H2. The van der Waals surface area contributed by atoms with Crippen LogP contribution in [0.15, 0.2) is 45.3 Å². The maximum atomic E-state index is 5.54. The van der Waals surface area contributed by atoms with Crippen LogP contribution >= 0.6 is 0 Å². The van der Waals surface area contributed by atoms with Crippen LogP contribution in [-0.4, -0.2) is 10.1 Å². The van der Waals surface area contributed by atoms with Gasteiger partial charge in [0.15, 0.2) is 11.6 Å². The lowest BCUT2D eigenvalue weighted by atomic mass is 10.1. The lowest BCUT2D eigenvalue weighted by Crippen LogP contribution is -2.00. The molecule has 2 heterocycles. The molecule has 1 aromatic carbocycles. The first-order valence-electron chi connectivity index (χ1n) is 7.03. The van der Waals surface area contributed by atoms with Crippen molar-refractivity contribution in [2.24, 2.45) is 5.73 Å². The Balaban J connectivity index is 1.58. The quantitative estimate of drug-likeness (QED) is 0.798. The summed E-state index contributed by atoms with van der Waals surface area (Å²) in [5.41, 5.74) is 8.28. The van der Waals surface area contributed by atoms with Crippen molar-refractivity contribution in [1.82, 2.24) is 10.1 Å². The first kappa shape index (κ1) is 12.3. The average Bonchev–Trinajstić information content (AvgIpc) is 3.24. The molecule has 0 saturated carbocycles. The summed E-state index contributed by atoms with van der Waals surface area (Å²) >= 11 is 0. The topological polar surface area (TPSA) is 78.1 Å². The van der Waals surface area contributed by atoms with Crippen LogP contribution in [0, 0.1) is 0 Å². The van der Waals surface area contributed by atoms with Gasteiger partial charge in [-0.25, -0.2) is 0 Å². The average molecular weight is 281 g/mol. The Morgan fingerprint density at radius 2 is 1.86 bits per heavy atom. The van der Waals surface area contributed by atoms with Gasteiger partial charge in [0, 0.05) is 5.92 Å². The predicted molar refractivity (Wildman–Crippen MR) is 76.5 cm³/mol. The van der Waals surface area contributed by atoms with Gasteiger partial charge in [-0.1, -0.05) is 29.4 Å². The van der Waals surface area contributed by atoms with Crippen molar-refractivity contribution >= 4 is 0 Å². The molecule has 1 aliphatic carbocycles. The van der Waals surface area contributed by atoms with Crippen LogP contribution in [0.4, 0.5) is 0 Å². The van der Waals surface area contributed by atoms with E-state index in [0.717, 1.165) is 18.7 Å². The highest BCUT2D eigenvalue weighted by atomic mass is 16.5. The summed E-state index contributed by atoms with van der Waals surface area (Å²) in [7, 11) is 0. The number of aromatic nitrogens is 2. The molecule has 2 N–H and O–H groups in total. The zero-order chi connectivity index (χ0) is 14.2. The molecule has 0 unspecified atom stereocenters. The van der Waals surface area contributed by atoms with Crippen molar-refractivity contribution in [3.8, 4) is 11.7 Å². The summed E-state index contributed by atoms with van der Waals surface area (Å²) in [5.74, 6) is 2.72. The maximum Gasteiger partial charge on any atom is 0.293 e. The van der Waals surface area contributed by atoms with Crippen LogP contribution in [0.25, 0.3) is 11.7 Å². The fraction of sp³-hybridized carbons (Fsp3) is 0.250. The number of nitrogens with zero attached hydrogens (tertiary/aromatic N) is 2. The highest BCUT2D eigenvalue weighted by Crippen LogP contribution is 2.33. The van der Waals surface area contributed by atoms with Crippen molar-refractivity contribution in [3.05, 3.63) is 59.1 Å². The summed E-state index contributed by atoms with van der Waals surface area (Å²) in [4.78, 5) is 4.48. The van der Waals surface area contributed by atoms with Gasteiger partial charge in [0.25, 0.3) is 5.89 Å². The summed E-state index contributed by atoms with van der Waals surface area (Å²) < 4.78 is 10.9. The minimum atomic E-state index is 0.281. The van der Waals surface area contributed by atoms with Gasteiger partial charge in [0.1, 0.15) is 5.76 Å². The molecule has 106 valence electrons. The number of nitrogens with two attached hydrogens (primary N) is 1. The lowest BCUT2D eigenvalue weighted by molar-refractivity contribution is 0.400. The zero-order valence-corrected chi connectivity index (χ0v) is 11.5. The van der Waals surface area contributed by atoms with E-state index in [9.17, 15) is 0 Å². The third kappa shape index (κ3) is 2.15. The van der Waals surface area contributed by atoms with Crippen LogP contribution in [0.1, 0.15) is 28.6 Å². The molecule has 0 amide bonds. The predicted octanol–water partition coefficient (Wildman–Crippen LogP) is 2.67.